The molecule has 0 aromatic carbocycles. The summed E-state index contributed by atoms with van der Waals surface area (Å²) < 4.78 is 0. The van der Waals surface area contributed by atoms with Gasteiger partial charge in [-0.3, -0.25) is 10.1 Å². The van der Waals surface area contributed by atoms with E-state index in [2.05, 4.69) is 34.7 Å². The number of thiophene rings is 1. The highest BCUT2D eigenvalue weighted by Gasteiger charge is 2.61. The minimum atomic E-state index is -0.204. The highest BCUT2D eigenvalue weighted by molar-refractivity contribution is 7.10. The molecule has 3 nitrogen and oxygen atoms in total. The Bertz CT molecular complexity index is 523. The molecular formula is C17H24N2OS. The molecule has 1 N–H and O–H groups in total. The van der Waals surface area contributed by atoms with Gasteiger partial charge in [0.2, 0.25) is 5.91 Å². The molecule has 0 bridgehead atoms. The third-order valence-corrected chi connectivity index (χ3v) is 6.57. The summed E-state index contributed by atoms with van der Waals surface area (Å²) in [5.74, 6) is 1.06. The Morgan fingerprint density at radius 3 is 2.86 bits per heavy atom. The smallest absolute Gasteiger partial charge is 0.244 e. The quantitative estimate of drug-likeness (QED) is 0.924. The first-order valence-electron chi connectivity index (χ1n) is 8.39. The van der Waals surface area contributed by atoms with E-state index >= 15 is 0 Å². The normalized spacial score (nSPS) is 34.6. The summed E-state index contributed by atoms with van der Waals surface area (Å²) in [5.41, 5.74) is -0.204. The van der Waals surface area contributed by atoms with Gasteiger partial charge < -0.3 is 4.90 Å². The summed E-state index contributed by atoms with van der Waals surface area (Å²) in [7, 11) is 0. The average molecular weight is 304 g/mol. The zero-order chi connectivity index (χ0) is 14.4. The molecule has 3 aliphatic rings. The van der Waals surface area contributed by atoms with Gasteiger partial charge in [0.1, 0.15) is 11.7 Å². The lowest BCUT2D eigenvalue weighted by Crippen LogP contribution is -2.45. The van der Waals surface area contributed by atoms with Crippen molar-refractivity contribution in [2.45, 2.75) is 69.6 Å². The second-order valence-corrected chi connectivity index (χ2v) is 7.86. The van der Waals surface area contributed by atoms with Crippen LogP contribution in [0.2, 0.25) is 0 Å². The minimum Gasteiger partial charge on any atom is -0.317 e. The van der Waals surface area contributed by atoms with Gasteiger partial charge in [-0.05, 0) is 43.0 Å². The van der Waals surface area contributed by atoms with Crippen LogP contribution in [-0.2, 0) is 4.79 Å². The van der Waals surface area contributed by atoms with Gasteiger partial charge in [-0.1, -0.05) is 32.3 Å². The van der Waals surface area contributed by atoms with Crippen LogP contribution < -0.4 is 5.32 Å². The van der Waals surface area contributed by atoms with Crippen LogP contribution in [0.15, 0.2) is 17.5 Å². The Hall–Kier alpha value is -0.870. The molecule has 0 radical (unpaired) electrons. The first-order chi connectivity index (χ1) is 10.2. The van der Waals surface area contributed by atoms with E-state index in [1.807, 2.05) is 0 Å². The lowest BCUT2D eigenvalue weighted by molar-refractivity contribution is -0.135. The summed E-state index contributed by atoms with van der Waals surface area (Å²) in [4.78, 5) is 16.6. The number of nitrogens with zero attached hydrogens (tertiary/aromatic N) is 1. The predicted octanol–water partition coefficient (Wildman–Crippen LogP) is 3.68. The number of hydrogen-bond acceptors (Lipinski definition) is 3. The zero-order valence-electron chi connectivity index (χ0n) is 12.7. The van der Waals surface area contributed by atoms with Gasteiger partial charge in [0.05, 0.1) is 0 Å². The van der Waals surface area contributed by atoms with Gasteiger partial charge >= 0.3 is 0 Å². The second-order valence-electron chi connectivity index (χ2n) is 6.88. The maximum atomic E-state index is 13.0. The van der Waals surface area contributed by atoms with E-state index in [0.717, 1.165) is 12.8 Å². The van der Waals surface area contributed by atoms with E-state index in [9.17, 15) is 4.79 Å². The molecule has 2 saturated carbocycles. The molecule has 1 amide bonds. The van der Waals surface area contributed by atoms with Crippen LogP contribution in [0.5, 0.6) is 0 Å². The molecule has 3 atom stereocenters. The second kappa shape index (κ2) is 5.10. The van der Waals surface area contributed by atoms with Crippen LogP contribution in [-0.4, -0.2) is 22.4 Å². The van der Waals surface area contributed by atoms with E-state index in [-0.39, 0.29) is 11.7 Å². The maximum absolute atomic E-state index is 13.0. The van der Waals surface area contributed by atoms with Crippen molar-refractivity contribution < 1.29 is 4.79 Å². The van der Waals surface area contributed by atoms with E-state index in [1.165, 1.54) is 37.0 Å². The summed E-state index contributed by atoms with van der Waals surface area (Å²) in [6, 6.07) is 4.71. The lowest BCUT2D eigenvalue weighted by Gasteiger charge is -2.40. The largest absolute Gasteiger partial charge is 0.317 e. The topological polar surface area (TPSA) is 32.3 Å². The first-order valence-corrected chi connectivity index (χ1v) is 9.27. The Kier molecular flexibility index (Phi) is 3.34. The molecule has 2 aliphatic carbocycles. The summed E-state index contributed by atoms with van der Waals surface area (Å²) in [5, 5.41) is 5.79. The van der Waals surface area contributed by atoms with Crippen LogP contribution in [0, 0.1) is 5.92 Å². The molecule has 2 heterocycles. The van der Waals surface area contributed by atoms with Gasteiger partial charge in [-0.2, -0.15) is 0 Å². The average Bonchev–Trinajstić information content (AvgIpc) is 2.98. The monoisotopic (exact) mass is 304 g/mol. The Morgan fingerprint density at radius 2 is 2.19 bits per heavy atom. The molecule has 3 fully saturated rings. The molecular weight excluding hydrogens is 280 g/mol. The molecule has 4 heteroatoms. The zero-order valence-corrected chi connectivity index (χ0v) is 13.5. The van der Waals surface area contributed by atoms with Gasteiger partial charge in [0, 0.05) is 10.9 Å². The van der Waals surface area contributed by atoms with E-state index in [1.54, 1.807) is 11.3 Å². The van der Waals surface area contributed by atoms with Crippen LogP contribution in [0.1, 0.15) is 62.9 Å². The summed E-state index contributed by atoms with van der Waals surface area (Å²) >= 11 is 1.77. The molecule has 1 aliphatic heterocycles. The van der Waals surface area contributed by atoms with Crippen molar-refractivity contribution in [3.8, 4) is 0 Å². The van der Waals surface area contributed by atoms with Crippen molar-refractivity contribution in [1.29, 1.82) is 0 Å². The number of carbonyl (C=O) groups excluding carboxylic acids is 1. The highest BCUT2D eigenvalue weighted by atomic mass is 32.1. The van der Waals surface area contributed by atoms with E-state index in [0.29, 0.717) is 17.9 Å². The van der Waals surface area contributed by atoms with Crippen LogP contribution in [0.25, 0.3) is 0 Å². The predicted molar refractivity (Wildman–Crippen MR) is 85.0 cm³/mol. The fourth-order valence-corrected chi connectivity index (χ4v) is 5.04. The molecule has 114 valence electrons. The third kappa shape index (κ3) is 2.15. The SMILES string of the molecule is CCC1CCCCC1N1C(=O)C2(CC2)NC1c1cccs1. The van der Waals surface area contributed by atoms with Crippen molar-refractivity contribution in [2.24, 2.45) is 5.92 Å². The minimum absolute atomic E-state index is 0.122. The molecule has 21 heavy (non-hydrogen) atoms. The number of rotatable bonds is 3. The number of carbonyl (C=O) groups is 1. The third-order valence-electron chi connectivity index (χ3n) is 5.65. The van der Waals surface area contributed by atoms with E-state index < -0.39 is 0 Å². The van der Waals surface area contributed by atoms with Gasteiger partial charge in [0.25, 0.3) is 0 Å². The Balaban J connectivity index is 1.67. The van der Waals surface area contributed by atoms with E-state index in [4.69, 9.17) is 0 Å². The van der Waals surface area contributed by atoms with Gasteiger partial charge in [0.15, 0.2) is 0 Å². The molecule has 3 unspecified atom stereocenters. The highest BCUT2D eigenvalue weighted by Crippen LogP contribution is 2.49. The molecule has 4 rings (SSSR count). The molecule has 1 spiro atoms. The first kappa shape index (κ1) is 13.8. The van der Waals surface area contributed by atoms with Crippen molar-refractivity contribution in [3.05, 3.63) is 22.4 Å². The fourth-order valence-electron chi connectivity index (χ4n) is 4.27. The summed E-state index contributed by atoms with van der Waals surface area (Å²) in [6.45, 7) is 2.28. The maximum Gasteiger partial charge on any atom is 0.244 e. The summed E-state index contributed by atoms with van der Waals surface area (Å²) in [6.07, 6.45) is 8.44. The van der Waals surface area contributed by atoms with Crippen LogP contribution in [0.3, 0.4) is 0 Å². The van der Waals surface area contributed by atoms with Crippen molar-refractivity contribution in [1.82, 2.24) is 10.2 Å². The number of nitrogens with one attached hydrogen (secondary N) is 1. The van der Waals surface area contributed by atoms with Crippen molar-refractivity contribution in [3.63, 3.8) is 0 Å². The Labute approximate surface area is 130 Å². The molecule has 1 aromatic rings. The molecule has 1 aromatic heterocycles. The van der Waals surface area contributed by atoms with Gasteiger partial charge in [-0.25, -0.2) is 0 Å². The molecule has 1 saturated heterocycles. The lowest BCUT2D eigenvalue weighted by atomic mass is 9.81. The van der Waals surface area contributed by atoms with Crippen LogP contribution >= 0.6 is 11.3 Å². The number of hydrogen-bond donors (Lipinski definition) is 1. The van der Waals surface area contributed by atoms with Crippen molar-refractivity contribution >= 4 is 17.2 Å². The Morgan fingerprint density at radius 1 is 1.38 bits per heavy atom. The standard InChI is InChI=1S/C17H24N2OS/c1-2-12-6-3-4-7-13(12)19-15(14-8-5-11-21-14)18-17(9-10-17)16(19)20/h5,8,11-13,15,18H,2-4,6-7,9-10H2,1H3. The van der Waals surface area contributed by atoms with Gasteiger partial charge in [-0.15, -0.1) is 11.3 Å². The fraction of sp³-hybridized carbons (Fsp3) is 0.706. The van der Waals surface area contributed by atoms with Crippen LogP contribution in [0.4, 0.5) is 0 Å². The number of amides is 1. The van der Waals surface area contributed by atoms with Crippen molar-refractivity contribution in [2.75, 3.05) is 0 Å².